The number of aliphatic imine (C=N–C) groups is 1. The van der Waals surface area contributed by atoms with Crippen molar-refractivity contribution < 1.29 is 4.74 Å². The Bertz CT molecular complexity index is 437. The first-order chi connectivity index (χ1) is 10.7. The predicted molar refractivity (Wildman–Crippen MR) is 89.0 cm³/mol. The average molecular weight is 307 g/mol. The van der Waals surface area contributed by atoms with E-state index in [2.05, 4.69) is 34.2 Å². The highest BCUT2D eigenvalue weighted by atomic mass is 16.5. The van der Waals surface area contributed by atoms with Crippen molar-refractivity contribution in [2.24, 2.45) is 10.9 Å². The van der Waals surface area contributed by atoms with Gasteiger partial charge >= 0.3 is 0 Å². The molecule has 0 amide bonds. The minimum atomic E-state index is 0.415. The third kappa shape index (κ3) is 5.02. The zero-order valence-electron chi connectivity index (χ0n) is 14.0. The molecule has 1 saturated heterocycles. The Kier molecular flexibility index (Phi) is 6.71. The highest BCUT2D eigenvalue weighted by Crippen LogP contribution is 2.13. The van der Waals surface area contributed by atoms with E-state index in [4.69, 9.17) is 4.74 Å². The van der Waals surface area contributed by atoms with Gasteiger partial charge in [0.15, 0.2) is 5.96 Å². The van der Waals surface area contributed by atoms with Crippen molar-refractivity contribution in [3.05, 3.63) is 18.5 Å². The van der Waals surface area contributed by atoms with Crippen molar-refractivity contribution >= 4 is 5.96 Å². The summed E-state index contributed by atoms with van der Waals surface area (Å²) in [6, 6.07) is 1.96. The van der Waals surface area contributed by atoms with E-state index in [-0.39, 0.29) is 0 Å². The Morgan fingerprint density at radius 2 is 2.23 bits per heavy atom. The molecule has 1 aromatic heterocycles. The van der Waals surface area contributed by atoms with E-state index in [9.17, 15) is 0 Å². The Balaban J connectivity index is 1.73. The number of guanidine groups is 1. The number of nitrogens with zero attached hydrogens (tertiary/aromatic N) is 4. The maximum absolute atomic E-state index is 5.70. The molecular weight excluding hydrogens is 278 g/mol. The second-order valence-corrected chi connectivity index (χ2v) is 5.90. The molecule has 1 aliphatic heterocycles. The Morgan fingerprint density at radius 1 is 1.45 bits per heavy atom. The Morgan fingerprint density at radius 3 is 2.82 bits per heavy atom. The SMILES string of the molecule is CCOC1CCN(C(=NC)NCC(C)Cn2cccn2)CC1. The first kappa shape index (κ1) is 16.8. The molecule has 2 rings (SSSR count). The summed E-state index contributed by atoms with van der Waals surface area (Å²) in [7, 11) is 1.86. The maximum atomic E-state index is 5.70. The Labute approximate surface area is 133 Å². The second kappa shape index (κ2) is 8.78. The summed E-state index contributed by atoms with van der Waals surface area (Å²) >= 11 is 0. The second-order valence-electron chi connectivity index (χ2n) is 5.90. The molecule has 0 saturated carbocycles. The van der Waals surface area contributed by atoms with Crippen LogP contribution in [0.2, 0.25) is 0 Å². The summed E-state index contributed by atoms with van der Waals surface area (Å²) < 4.78 is 7.68. The predicted octanol–water partition coefficient (Wildman–Crippen LogP) is 1.60. The molecule has 1 aromatic rings. The summed E-state index contributed by atoms with van der Waals surface area (Å²) in [5, 5.41) is 7.75. The average Bonchev–Trinajstić information content (AvgIpc) is 3.02. The van der Waals surface area contributed by atoms with Crippen molar-refractivity contribution in [3.63, 3.8) is 0 Å². The quantitative estimate of drug-likeness (QED) is 0.640. The lowest BCUT2D eigenvalue weighted by Crippen LogP contribution is -2.48. The molecule has 1 N–H and O–H groups in total. The van der Waals surface area contributed by atoms with E-state index in [1.807, 2.05) is 30.2 Å². The van der Waals surface area contributed by atoms with Crippen LogP contribution in [0.4, 0.5) is 0 Å². The van der Waals surface area contributed by atoms with E-state index in [0.29, 0.717) is 12.0 Å². The topological polar surface area (TPSA) is 54.7 Å². The van der Waals surface area contributed by atoms with E-state index < -0.39 is 0 Å². The van der Waals surface area contributed by atoms with Gasteiger partial charge in [-0.1, -0.05) is 6.92 Å². The van der Waals surface area contributed by atoms with Gasteiger partial charge < -0.3 is 15.0 Å². The molecule has 6 heteroatoms. The van der Waals surface area contributed by atoms with Crippen LogP contribution in [-0.2, 0) is 11.3 Å². The van der Waals surface area contributed by atoms with E-state index in [1.165, 1.54) is 0 Å². The lowest BCUT2D eigenvalue weighted by atomic mass is 10.1. The van der Waals surface area contributed by atoms with Crippen LogP contribution < -0.4 is 5.32 Å². The molecule has 2 heterocycles. The van der Waals surface area contributed by atoms with Gasteiger partial charge in [0.05, 0.1) is 6.10 Å². The summed E-state index contributed by atoms with van der Waals surface area (Å²) in [4.78, 5) is 6.75. The highest BCUT2D eigenvalue weighted by Gasteiger charge is 2.21. The van der Waals surface area contributed by atoms with Gasteiger partial charge in [0, 0.05) is 52.2 Å². The van der Waals surface area contributed by atoms with Gasteiger partial charge in [-0.3, -0.25) is 9.67 Å². The summed E-state index contributed by atoms with van der Waals surface area (Å²) in [5.41, 5.74) is 0. The largest absolute Gasteiger partial charge is 0.378 e. The molecule has 0 radical (unpaired) electrons. The van der Waals surface area contributed by atoms with Gasteiger partial charge in [0.2, 0.25) is 0 Å². The van der Waals surface area contributed by atoms with Gasteiger partial charge in [-0.05, 0) is 31.7 Å². The van der Waals surface area contributed by atoms with Crippen molar-refractivity contribution in [3.8, 4) is 0 Å². The molecular formula is C16H29N5O. The highest BCUT2D eigenvalue weighted by molar-refractivity contribution is 5.79. The fourth-order valence-electron chi connectivity index (χ4n) is 2.86. The number of rotatable bonds is 6. The molecule has 6 nitrogen and oxygen atoms in total. The van der Waals surface area contributed by atoms with Gasteiger partial charge in [0.25, 0.3) is 0 Å². The van der Waals surface area contributed by atoms with Crippen LogP contribution in [0.5, 0.6) is 0 Å². The summed E-state index contributed by atoms with van der Waals surface area (Å²) in [6.45, 7) is 8.94. The van der Waals surface area contributed by atoms with Crippen LogP contribution in [0.3, 0.4) is 0 Å². The van der Waals surface area contributed by atoms with Crippen molar-refractivity contribution in [1.82, 2.24) is 20.0 Å². The number of piperidine rings is 1. The monoisotopic (exact) mass is 307 g/mol. The zero-order valence-corrected chi connectivity index (χ0v) is 14.0. The third-order valence-corrected chi connectivity index (χ3v) is 4.02. The fraction of sp³-hybridized carbons (Fsp3) is 0.750. The minimum Gasteiger partial charge on any atom is -0.378 e. The van der Waals surface area contributed by atoms with Crippen molar-refractivity contribution in [1.29, 1.82) is 0 Å². The zero-order chi connectivity index (χ0) is 15.8. The molecule has 0 aromatic carbocycles. The number of nitrogens with one attached hydrogen (secondary N) is 1. The normalized spacial score (nSPS) is 18.5. The van der Waals surface area contributed by atoms with Gasteiger partial charge in [0.1, 0.15) is 0 Å². The number of likely N-dealkylation sites (tertiary alicyclic amines) is 1. The number of hydrogen-bond donors (Lipinski definition) is 1. The van der Waals surface area contributed by atoms with E-state index >= 15 is 0 Å². The van der Waals surface area contributed by atoms with E-state index in [0.717, 1.165) is 51.6 Å². The molecule has 1 unspecified atom stereocenters. The minimum absolute atomic E-state index is 0.415. The lowest BCUT2D eigenvalue weighted by Gasteiger charge is -2.34. The lowest BCUT2D eigenvalue weighted by molar-refractivity contribution is 0.0263. The molecule has 22 heavy (non-hydrogen) atoms. The molecule has 0 bridgehead atoms. The maximum Gasteiger partial charge on any atom is 0.193 e. The van der Waals surface area contributed by atoms with Crippen LogP contribution in [-0.4, -0.2) is 60.0 Å². The number of hydrogen-bond acceptors (Lipinski definition) is 3. The first-order valence-electron chi connectivity index (χ1n) is 8.27. The number of aromatic nitrogens is 2. The van der Waals surface area contributed by atoms with Crippen LogP contribution >= 0.6 is 0 Å². The van der Waals surface area contributed by atoms with Crippen LogP contribution in [0.1, 0.15) is 26.7 Å². The standard InChI is InChI=1S/C16H29N5O/c1-4-22-15-6-10-20(11-7-15)16(17-3)18-12-14(2)13-21-9-5-8-19-21/h5,8-9,14-15H,4,6-7,10-13H2,1-3H3,(H,17,18). The number of ether oxygens (including phenoxy) is 1. The molecule has 0 aliphatic carbocycles. The van der Waals surface area contributed by atoms with E-state index in [1.54, 1.807) is 0 Å². The fourth-order valence-corrected chi connectivity index (χ4v) is 2.86. The Hall–Kier alpha value is -1.56. The van der Waals surface area contributed by atoms with Crippen LogP contribution in [0, 0.1) is 5.92 Å². The molecule has 1 aliphatic rings. The molecule has 0 spiro atoms. The van der Waals surface area contributed by atoms with Gasteiger partial charge in [-0.15, -0.1) is 0 Å². The molecule has 1 fully saturated rings. The van der Waals surface area contributed by atoms with Crippen molar-refractivity contribution in [2.45, 2.75) is 39.3 Å². The van der Waals surface area contributed by atoms with Crippen LogP contribution in [0.15, 0.2) is 23.5 Å². The summed E-state index contributed by atoms with van der Waals surface area (Å²) in [6.07, 6.45) is 6.40. The molecule has 124 valence electrons. The van der Waals surface area contributed by atoms with Gasteiger partial charge in [-0.2, -0.15) is 5.10 Å². The first-order valence-corrected chi connectivity index (χ1v) is 8.27. The summed E-state index contributed by atoms with van der Waals surface area (Å²) in [5.74, 6) is 1.50. The smallest absolute Gasteiger partial charge is 0.193 e. The third-order valence-electron chi connectivity index (χ3n) is 4.02. The van der Waals surface area contributed by atoms with Gasteiger partial charge in [-0.25, -0.2) is 0 Å². The van der Waals surface area contributed by atoms with Crippen molar-refractivity contribution in [2.75, 3.05) is 33.3 Å². The van der Waals surface area contributed by atoms with Crippen LogP contribution in [0.25, 0.3) is 0 Å². The molecule has 1 atom stereocenters.